The first-order chi connectivity index (χ1) is 19.0. The number of nitrogens with one attached hydrogen (secondary N) is 3. The number of hydrazone groups is 1. The van der Waals surface area contributed by atoms with Gasteiger partial charge in [0.2, 0.25) is 5.95 Å². The van der Waals surface area contributed by atoms with Gasteiger partial charge < -0.3 is 14.5 Å². The van der Waals surface area contributed by atoms with Crippen LogP contribution < -0.4 is 21.4 Å². The molecule has 218 valence electrons. The highest BCUT2D eigenvalue weighted by Gasteiger charge is 2.41. The largest absolute Gasteiger partial charge is 0.447 e. The zero-order valence-corrected chi connectivity index (χ0v) is 23.6. The molecule has 1 fully saturated rings. The van der Waals surface area contributed by atoms with E-state index in [1.165, 1.54) is 6.07 Å². The topological polar surface area (TPSA) is 107 Å². The van der Waals surface area contributed by atoms with Crippen LogP contribution in [0.1, 0.15) is 70.1 Å². The van der Waals surface area contributed by atoms with Gasteiger partial charge in [0.25, 0.3) is 0 Å². The predicted molar refractivity (Wildman–Crippen MR) is 145 cm³/mol. The van der Waals surface area contributed by atoms with Crippen molar-refractivity contribution in [2.75, 3.05) is 4.90 Å². The lowest BCUT2D eigenvalue weighted by atomic mass is 9.87. The summed E-state index contributed by atoms with van der Waals surface area (Å²) < 4.78 is 46.3. The molecule has 3 atom stereocenters. The van der Waals surface area contributed by atoms with E-state index in [4.69, 9.17) is 16.3 Å². The predicted octanol–water partition coefficient (Wildman–Crippen LogP) is 5.00. The number of hydrazine groups is 2. The fraction of sp³-hybridized carbons (Fsp3) is 0.538. The molecule has 0 spiro atoms. The number of piperidine rings is 1. The maximum absolute atomic E-state index is 13.6. The molecule has 10 nitrogen and oxygen atoms in total. The number of amidine groups is 1. The van der Waals surface area contributed by atoms with Crippen LogP contribution in [0.3, 0.4) is 0 Å². The Morgan fingerprint density at radius 2 is 1.80 bits per heavy atom. The number of ether oxygens (including phenoxy) is 1. The first-order valence-corrected chi connectivity index (χ1v) is 13.7. The molecule has 0 saturated carbocycles. The number of hydrogen-bond acceptors (Lipinski definition) is 9. The number of alkyl halides is 3. The first kappa shape index (κ1) is 29.7. The zero-order chi connectivity index (χ0) is 29.0. The quantitative estimate of drug-likeness (QED) is 0.399. The van der Waals surface area contributed by atoms with Gasteiger partial charge in [-0.25, -0.2) is 20.3 Å². The van der Waals surface area contributed by atoms with E-state index >= 15 is 0 Å². The number of amides is 1. The van der Waals surface area contributed by atoms with Crippen molar-refractivity contribution >= 4 is 29.5 Å². The summed E-state index contributed by atoms with van der Waals surface area (Å²) in [7, 11) is 0. The summed E-state index contributed by atoms with van der Waals surface area (Å²) in [6, 6.07) is 3.12. The Bertz CT molecular complexity index is 1200. The Morgan fingerprint density at radius 1 is 1.15 bits per heavy atom. The van der Waals surface area contributed by atoms with Crippen LogP contribution in [-0.2, 0) is 17.5 Å². The number of likely N-dealkylation sites (tertiary alicyclic amines) is 1. The van der Waals surface area contributed by atoms with Crippen LogP contribution >= 0.6 is 11.6 Å². The average Bonchev–Trinajstić information content (AvgIpc) is 3.45. The Balaban J connectivity index is 1.69. The van der Waals surface area contributed by atoms with Crippen LogP contribution in [0.25, 0.3) is 0 Å². The Morgan fingerprint density at radius 3 is 2.33 bits per heavy atom. The van der Waals surface area contributed by atoms with Crippen LogP contribution in [0.15, 0.2) is 35.7 Å². The number of carbonyl (C=O) groups excluding carboxylic acids is 1. The van der Waals surface area contributed by atoms with E-state index in [1.54, 1.807) is 12.4 Å². The van der Waals surface area contributed by atoms with E-state index in [-0.39, 0.29) is 41.9 Å². The van der Waals surface area contributed by atoms with Crippen molar-refractivity contribution in [1.82, 2.24) is 31.4 Å². The summed E-state index contributed by atoms with van der Waals surface area (Å²) in [5.74, 6) is 0.849. The van der Waals surface area contributed by atoms with Crippen molar-refractivity contribution in [3.63, 3.8) is 0 Å². The van der Waals surface area contributed by atoms with E-state index in [0.717, 1.165) is 12.1 Å². The lowest BCUT2D eigenvalue weighted by molar-refractivity contribution is -0.137. The highest BCUT2D eigenvalue weighted by Crippen LogP contribution is 2.35. The number of aromatic nitrogens is 2. The van der Waals surface area contributed by atoms with Gasteiger partial charge in [-0.2, -0.15) is 13.2 Å². The van der Waals surface area contributed by atoms with E-state index in [1.807, 2.05) is 37.5 Å². The molecule has 1 saturated heterocycles. The molecular weight excluding hydrogens is 549 g/mol. The Hall–Kier alpha value is -3.32. The van der Waals surface area contributed by atoms with Gasteiger partial charge in [-0.15, -0.1) is 10.6 Å². The molecule has 1 unspecified atom stereocenters. The highest BCUT2D eigenvalue weighted by molar-refractivity contribution is 6.30. The summed E-state index contributed by atoms with van der Waals surface area (Å²) in [6.07, 6.45) is 0.568. The molecule has 3 N–H and O–H groups in total. The highest BCUT2D eigenvalue weighted by atomic mass is 35.5. The lowest BCUT2D eigenvalue weighted by Crippen LogP contribution is -2.57. The van der Waals surface area contributed by atoms with Crippen molar-refractivity contribution < 1.29 is 22.7 Å². The third-order valence-corrected chi connectivity index (χ3v) is 7.23. The number of anilines is 1. The zero-order valence-electron chi connectivity index (χ0n) is 22.8. The van der Waals surface area contributed by atoms with Crippen LogP contribution in [-0.4, -0.2) is 51.0 Å². The summed E-state index contributed by atoms with van der Waals surface area (Å²) in [5, 5.41) is 4.04. The number of hydrogen-bond donors (Lipinski definition) is 3. The molecule has 3 heterocycles. The SMILES string of the molecule is CC[C@@H]1CC(N(Cc2cc(Cl)cc(C(F)(F)F)c2)c2ncc(C3=NNNN3)cn2)C[C@H](CC)N1C(=O)OC(C)C. The summed E-state index contributed by atoms with van der Waals surface area (Å²) >= 11 is 6.11. The van der Waals surface area contributed by atoms with Crippen molar-refractivity contribution in [1.29, 1.82) is 0 Å². The van der Waals surface area contributed by atoms with Gasteiger partial charge in [0.15, 0.2) is 5.84 Å². The molecule has 0 aliphatic carbocycles. The molecule has 0 radical (unpaired) electrons. The van der Waals surface area contributed by atoms with Crippen LogP contribution in [0.5, 0.6) is 0 Å². The van der Waals surface area contributed by atoms with Crippen molar-refractivity contribution in [2.24, 2.45) is 5.10 Å². The van der Waals surface area contributed by atoms with E-state index in [2.05, 4.69) is 31.6 Å². The minimum atomic E-state index is -4.54. The molecule has 1 aromatic heterocycles. The van der Waals surface area contributed by atoms with Crippen LogP contribution in [0.2, 0.25) is 5.02 Å². The number of carbonyl (C=O) groups is 1. The van der Waals surface area contributed by atoms with Crippen molar-refractivity contribution in [3.8, 4) is 0 Å². The van der Waals surface area contributed by atoms with Gasteiger partial charge in [-0.05, 0) is 63.3 Å². The van der Waals surface area contributed by atoms with E-state index < -0.39 is 11.7 Å². The van der Waals surface area contributed by atoms with Crippen LogP contribution in [0, 0.1) is 0 Å². The molecule has 0 bridgehead atoms. The second-order valence-electron chi connectivity index (χ2n) is 10.2. The fourth-order valence-electron chi connectivity index (χ4n) is 5.18. The van der Waals surface area contributed by atoms with Gasteiger partial charge in [-0.1, -0.05) is 25.4 Å². The molecule has 2 aliphatic heterocycles. The summed E-state index contributed by atoms with van der Waals surface area (Å²) in [5.41, 5.74) is 8.23. The molecule has 14 heteroatoms. The van der Waals surface area contributed by atoms with Crippen molar-refractivity contribution in [2.45, 2.75) is 90.3 Å². The molecular formula is C26H34ClF3N8O2. The van der Waals surface area contributed by atoms with Crippen molar-refractivity contribution in [3.05, 3.63) is 52.3 Å². The second-order valence-corrected chi connectivity index (χ2v) is 10.6. The van der Waals surface area contributed by atoms with Gasteiger partial charge >= 0.3 is 12.3 Å². The van der Waals surface area contributed by atoms with Crippen LogP contribution in [0.4, 0.5) is 23.9 Å². The standard InChI is InChI=1S/C26H34ClF3N8O2/c1-5-20-10-22(11-21(6-2)38(20)25(39)40-15(3)4)37(14-16-7-18(26(28,29)30)9-19(27)8-16)24-31-12-17(13-32-24)23-33-35-36-34-23/h7-9,12-13,15,20-22,35-36H,5-6,10-11,14H2,1-4H3,(H,33,34)/t20-,21+,22?. The maximum atomic E-state index is 13.6. The molecule has 1 aromatic carbocycles. The number of halogens is 4. The Labute approximate surface area is 236 Å². The number of rotatable bonds is 8. The van der Waals surface area contributed by atoms with Gasteiger partial charge in [0.05, 0.1) is 17.2 Å². The van der Waals surface area contributed by atoms with E-state index in [0.29, 0.717) is 48.6 Å². The van der Waals surface area contributed by atoms with E-state index in [9.17, 15) is 18.0 Å². The minimum absolute atomic E-state index is 0.00418. The third-order valence-electron chi connectivity index (χ3n) is 7.02. The monoisotopic (exact) mass is 582 g/mol. The normalized spacial score (nSPS) is 21.1. The van der Waals surface area contributed by atoms with Gasteiger partial charge in [0, 0.05) is 42.1 Å². The molecule has 1 amide bonds. The van der Waals surface area contributed by atoms with Gasteiger partial charge in [0.1, 0.15) is 0 Å². The molecule has 40 heavy (non-hydrogen) atoms. The summed E-state index contributed by atoms with van der Waals surface area (Å²) in [6.45, 7) is 7.74. The molecule has 2 aliphatic rings. The number of benzene rings is 1. The Kier molecular flexibility index (Phi) is 9.24. The lowest BCUT2D eigenvalue weighted by Gasteiger charge is -2.47. The molecule has 2 aromatic rings. The second kappa shape index (κ2) is 12.5. The van der Waals surface area contributed by atoms with Gasteiger partial charge in [-0.3, -0.25) is 5.43 Å². The average molecular weight is 583 g/mol. The third kappa shape index (κ3) is 6.87. The first-order valence-electron chi connectivity index (χ1n) is 13.3. The number of nitrogens with zero attached hydrogens (tertiary/aromatic N) is 5. The smallest absolute Gasteiger partial charge is 0.416 e. The minimum Gasteiger partial charge on any atom is -0.447 e. The fourth-order valence-corrected chi connectivity index (χ4v) is 5.44. The maximum Gasteiger partial charge on any atom is 0.416 e. The molecule has 4 rings (SSSR count). The summed E-state index contributed by atoms with van der Waals surface area (Å²) in [4.78, 5) is 25.9.